The van der Waals surface area contributed by atoms with Crippen molar-refractivity contribution >= 4 is 5.71 Å². The lowest BCUT2D eigenvalue weighted by atomic mass is 10.1. The Hall–Kier alpha value is -1.75. The van der Waals surface area contributed by atoms with Crippen molar-refractivity contribution in [3.8, 4) is 11.5 Å². The molecule has 1 aliphatic heterocycles. The van der Waals surface area contributed by atoms with Crippen LogP contribution in [0.1, 0.15) is 19.4 Å². The molecule has 0 spiro atoms. The number of nitrogens with zero attached hydrogens (tertiary/aromatic N) is 2. The highest BCUT2D eigenvalue weighted by Crippen LogP contribution is 2.29. The molecule has 0 fully saturated rings. The summed E-state index contributed by atoms with van der Waals surface area (Å²) in [4.78, 5) is 2.31. The molecule has 1 aliphatic rings. The number of likely N-dealkylation sites (N-methyl/N-ethyl adjacent to an activating group) is 1. The third kappa shape index (κ3) is 3.17. The minimum atomic E-state index is 0.314. The minimum absolute atomic E-state index is 0.314. The molecule has 1 aromatic rings. The summed E-state index contributed by atoms with van der Waals surface area (Å²) in [7, 11) is 0. The second-order valence-corrected chi connectivity index (χ2v) is 4.37. The van der Waals surface area contributed by atoms with Crippen LogP contribution in [0.15, 0.2) is 23.4 Å². The van der Waals surface area contributed by atoms with Gasteiger partial charge in [0.05, 0.1) is 0 Å². The summed E-state index contributed by atoms with van der Waals surface area (Å²) in [6.45, 7) is 8.22. The maximum absolute atomic E-state index is 8.81. The number of oxime groups is 1. The topological polar surface area (TPSA) is 54.3 Å². The predicted molar refractivity (Wildman–Crippen MR) is 73.5 cm³/mol. The van der Waals surface area contributed by atoms with E-state index in [9.17, 15) is 0 Å². The molecule has 0 aromatic heterocycles. The van der Waals surface area contributed by atoms with Crippen LogP contribution < -0.4 is 9.47 Å². The molecule has 0 radical (unpaired) electrons. The Morgan fingerprint density at radius 1 is 1.37 bits per heavy atom. The fraction of sp³-hybridized carbons (Fsp3) is 0.500. The van der Waals surface area contributed by atoms with Crippen molar-refractivity contribution in [1.29, 1.82) is 0 Å². The minimum Gasteiger partial charge on any atom is -0.492 e. The van der Waals surface area contributed by atoms with Crippen LogP contribution in [0, 0.1) is 0 Å². The fourth-order valence-electron chi connectivity index (χ4n) is 2.09. The largest absolute Gasteiger partial charge is 0.492 e. The highest BCUT2D eigenvalue weighted by Gasteiger charge is 2.20. The van der Waals surface area contributed by atoms with Crippen LogP contribution in [0.4, 0.5) is 0 Å². The lowest BCUT2D eigenvalue weighted by molar-refractivity contribution is 0.222. The van der Waals surface area contributed by atoms with E-state index in [1.54, 1.807) is 0 Å². The molecule has 0 amide bonds. The van der Waals surface area contributed by atoms with Gasteiger partial charge in [-0.1, -0.05) is 19.0 Å². The monoisotopic (exact) mass is 264 g/mol. The Balaban J connectivity index is 1.93. The van der Waals surface area contributed by atoms with E-state index < -0.39 is 0 Å². The van der Waals surface area contributed by atoms with Crippen molar-refractivity contribution in [1.82, 2.24) is 4.90 Å². The first kappa shape index (κ1) is 13.7. The lowest BCUT2D eigenvalue weighted by Gasteiger charge is -2.18. The summed E-state index contributed by atoms with van der Waals surface area (Å²) in [6.07, 6.45) is 0. The van der Waals surface area contributed by atoms with Crippen molar-refractivity contribution in [2.75, 3.05) is 32.8 Å². The second kappa shape index (κ2) is 6.43. The average Bonchev–Trinajstić information content (AvgIpc) is 2.86. The Kier molecular flexibility index (Phi) is 4.63. The SMILES string of the molecule is CCN(CC)CCOc1ccc2c(c1)OCC2=NO. The van der Waals surface area contributed by atoms with Crippen molar-refractivity contribution in [2.45, 2.75) is 13.8 Å². The van der Waals surface area contributed by atoms with Gasteiger partial charge in [0.15, 0.2) is 0 Å². The fourth-order valence-corrected chi connectivity index (χ4v) is 2.09. The standard InChI is InChI=1S/C14H20N2O3/c1-3-16(4-2)7-8-18-11-5-6-12-13(15-17)10-19-14(12)9-11/h5-6,9,17H,3-4,7-8,10H2,1-2H3. The second-order valence-electron chi connectivity index (χ2n) is 4.37. The van der Waals surface area contributed by atoms with E-state index in [-0.39, 0.29) is 0 Å². The number of benzene rings is 1. The number of hydrogen-bond donors (Lipinski definition) is 1. The van der Waals surface area contributed by atoms with Gasteiger partial charge in [-0.3, -0.25) is 0 Å². The molecule has 0 saturated heterocycles. The first-order valence-electron chi connectivity index (χ1n) is 6.61. The summed E-state index contributed by atoms with van der Waals surface area (Å²) in [5.74, 6) is 1.50. The maximum atomic E-state index is 8.81. The Bertz CT molecular complexity index is 456. The Morgan fingerprint density at radius 2 is 2.16 bits per heavy atom. The maximum Gasteiger partial charge on any atom is 0.134 e. The summed E-state index contributed by atoms with van der Waals surface area (Å²) >= 11 is 0. The molecule has 1 aromatic carbocycles. The number of hydrogen-bond acceptors (Lipinski definition) is 5. The molecule has 1 heterocycles. The van der Waals surface area contributed by atoms with Gasteiger partial charge in [0.25, 0.3) is 0 Å². The van der Waals surface area contributed by atoms with Crippen molar-refractivity contribution in [3.05, 3.63) is 23.8 Å². The van der Waals surface area contributed by atoms with E-state index in [4.69, 9.17) is 14.7 Å². The molecule has 5 heteroatoms. The van der Waals surface area contributed by atoms with Crippen LogP contribution in [-0.4, -0.2) is 48.7 Å². The molecular weight excluding hydrogens is 244 g/mol. The summed E-state index contributed by atoms with van der Waals surface area (Å²) in [5.41, 5.74) is 1.39. The van der Waals surface area contributed by atoms with E-state index in [0.717, 1.165) is 30.9 Å². The van der Waals surface area contributed by atoms with Gasteiger partial charge in [-0.05, 0) is 25.2 Å². The van der Waals surface area contributed by atoms with Crippen molar-refractivity contribution < 1.29 is 14.7 Å². The molecule has 0 bridgehead atoms. The van der Waals surface area contributed by atoms with Gasteiger partial charge >= 0.3 is 0 Å². The molecular formula is C14H20N2O3. The molecule has 0 atom stereocenters. The van der Waals surface area contributed by atoms with E-state index in [2.05, 4.69) is 23.9 Å². The smallest absolute Gasteiger partial charge is 0.134 e. The first-order valence-corrected chi connectivity index (χ1v) is 6.61. The Labute approximate surface area is 113 Å². The average molecular weight is 264 g/mol. The molecule has 0 saturated carbocycles. The first-order chi connectivity index (χ1) is 9.28. The summed E-state index contributed by atoms with van der Waals surface area (Å²) < 4.78 is 11.1. The van der Waals surface area contributed by atoms with Crippen LogP contribution in [0.25, 0.3) is 0 Å². The van der Waals surface area contributed by atoms with Crippen molar-refractivity contribution in [2.24, 2.45) is 5.16 Å². The molecule has 1 N–H and O–H groups in total. The molecule has 2 rings (SSSR count). The van der Waals surface area contributed by atoms with Gasteiger partial charge in [-0.25, -0.2) is 0 Å². The van der Waals surface area contributed by atoms with Crippen LogP contribution in [0.3, 0.4) is 0 Å². The molecule has 5 nitrogen and oxygen atoms in total. The van der Waals surface area contributed by atoms with E-state index in [1.165, 1.54) is 0 Å². The van der Waals surface area contributed by atoms with Gasteiger partial charge in [-0.2, -0.15) is 0 Å². The van der Waals surface area contributed by atoms with Gasteiger partial charge in [-0.15, -0.1) is 0 Å². The highest BCUT2D eigenvalue weighted by atomic mass is 16.5. The molecule has 0 unspecified atom stereocenters. The van der Waals surface area contributed by atoms with Gasteiger partial charge < -0.3 is 19.6 Å². The van der Waals surface area contributed by atoms with Gasteiger partial charge in [0.1, 0.15) is 30.4 Å². The van der Waals surface area contributed by atoms with E-state index >= 15 is 0 Å². The number of rotatable bonds is 6. The molecule has 0 aliphatic carbocycles. The Morgan fingerprint density at radius 3 is 2.84 bits per heavy atom. The van der Waals surface area contributed by atoms with Crippen LogP contribution in [0.2, 0.25) is 0 Å². The summed E-state index contributed by atoms with van der Waals surface area (Å²) in [6, 6.07) is 5.58. The predicted octanol–water partition coefficient (Wildman–Crippen LogP) is 1.98. The van der Waals surface area contributed by atoms with Crippen LogP contribution in [0.5, 0.6) is 11.5 Å². The zero-order chi connectivity index (χ0) is 13.7. The zero-order valence-corrected chi connectivity index (χ0v) is 11.4. The van der Waals surface area contributed by atoms with Crippen LogP contribution >= 0.6 is 0 Å². The zero-order valence-electron chi connectivity index (χ0n) is 11.4. The third-order valence-corrected chi connectivity index (χ3v) is 3.32. The van der Waals surface area contributed by atoms with Crippen molar-refractivity contribution in [3.63, 3.8) is 0 Å². The lowest BCUT2D eigenvalue weighted by Crippen LogP contribution is -2.27. The number of fused-ring (bicyclic) bond motifs is 1. The third-order valence-electron chi connectivity index (χ3n) is 3.32. The van der Waals surface area contributed by atoms with Gasteiger partial charge in [0.2, 0.25) is 0 Å². The van der Waals surface area contributed by atoms with E-state index in [0.29, 0.717) is 24.7 Å². The quantitative estimate of drug-likeness (QED) is 0.630. The summed E-state index contributed by atoms with van der Waals surface area (Å²) in [5, 5.41) is 12.0. The molecule has 19 heavy (non-hydrogen) atoms. The number of ether oxygens (including phenoxy) is 2. The molecule has 104 valence electrons. The van der Waals surface area contributed by atoms with Gasteiger partial charge in [0, 0.05) is 18.2 Å². The van der Waals surface area contributed by atoms with E-state index in [1.807, 2.05) is 18.2 Å². The highest BCUT2D eigenvalue weighted by molar-refractivity contribution is 6.05. The normalized spacial score (nSPS) is 15.6. The van der Waals surface area contributed by atoms with Crippen LogP contribution in [-0.2, 0) is 0 Å².